The Balaban J connectivity index is 2.54. The lowest BCUT2D eigenvalue weighted by Crippen LogP contribution is -1.83. The molecule has 0 aliphatic heterocycles. The Hall–Kier alpha value is -0.790. The molecule has 0 fully saturated rings. The number of phenolic OH excluding ortho intramolecular Hbond substituents is 1. The van der Waals surface area contributed by atoms with Gasteiger partial charge in [-0.05, 0) is 24.6 Å². The van der Waals surface area contributed by atoms with Crippen molar-refractivity contribution in [2.45, 2.75) is 13.1 Å². The van der Waals surface area contributed by atoms with Gasteiger partial charge in [-0.3, -0.25) is 4.57 Å². The minimum atomic E-state index is -1.94. The summed E-state index contributed by atoms with van der Waals surface area (Å²) in [4.78, 5) is 0. The normalized spacial score (nSPS) is 12.7. The summed E-state index contributed by atoms with van der Waals surface area (Å²) in [7, 11) is -1.94. The van der Waals surface area contributed by atoms with Crippen LogP contribution in [0, 0.1) is 0 Å². The van der Waals surface area contributed by atoms with Gasteiger partial charge in [0, 0.05) is 6.16 Å². The fraction of sp³-hybridized carbons (Fsp3) is 0.333. The van der Waals surface area contributed by atoms with E-state index in [-0.39, 0.29) is 5.75 Å². The number of rotatable bonds is 4. The van der Waals surface area contributed by atoms with Gasteiger partial charge >= 0.3 is 0 Å². The first kappa shape index (κ1) is 10.3. The van der Waals surface area contributed by atoms with E-state index in [9.17, 15) is 4.57 Å². The minimum Gasteiger partial charge on any atom is -0.508 e. The van der Waals surface area contributed by atoms with E-state index in [0.717, 1.165) is 5.56 Å². The second kappa shape index (κ2) is 5.05. The third-order valence-electron chi connectivity index (χ3n) is 1.59. The second-order valence-corrected chi connectivity index (χ2v) is 4.03. The Labute approximate surface area is 78.2 Å². The highest BCUT2D eigenvalue weighted by atomic mass is 31.1. The fourth-order valence-electron chi connectivity index (χ4n) is 0.992. The van der Waals surface area contributed by atoms with Gasteiger partial charge in [-0.2, -0.15) is 0 Å². The molecule has 0 bridgehead atoms. The van der Waals surface area contributed by atoms with Gasteiger partial charge in [0.25, 0.3) is 0 Å². The average Bonchev–Trinajstić information content (AvgIpc) is 2.09. The predicted octanol–water partition coefficient (Wildman–Crippen LogP) is 2.40. The molecule has 0 aromatic heterocycles. The van der Waals surface area contributed by atoms with Crippen molar-refractivity contribution < 1.29 is 14.2 Å². The molecular weight excluding hydrogens is 187 g/mol. The largest absolute Gasteiger partial charge is 0.508 e. The van der Waals surface area contributed by atoms with Crippen molar-refractivity contribution in [1.29, 1.82) is 0 Å². The van der Waals surface area contributed by atoms with E-state index in [0.29, 0.717) is 12.8 Å². The lowest BCUT2D eigenvalue weighted by atomic mass is 10.2. The van der Waals surface area contributed by atoms with E-state index >= 15 is 0 Å². The second-order valence-electron chi connectivity index (χ2n) is 2.65. The Morgan fingerprint density at radius 3 is 2.54 bits per heavy atom. The van der Waals surface area contributed by atoms with Gasteiger partial charge in [0.2, 0.25) is 0 Å². The summed E-state index contributed by atoms with van der Waals surface area (Å²) in [5.41, 5.74) is 0.926. The summed E-state index contributed by atoms with van der Waals surface area (Å²) in [6, 6.07) is 6.65. The van der Waals surface area contributed by atoms with Crippen molar-refractivity contribution in [3.63, 3.8) is 0 Å². The summed E-state index contributed by atoms with van der Waals surface area (Å²) >= 11 is 0. The first-order chi connectivity index (χ1) is 6.22. The van der Waals surface area contributed by atoms with Gasteiger partial charge in [-0.1, -0.05) is 12.1 Å². The Bertz CT molecular complexity index is 281. The summed E-state index contributed by atoms with van der Waals surface area (Å²) in [5, 5.41) is 8.99. The van der Waals surface area contributed by atoms with Gasteiger partial charge < -0.3 is 9.63 Å². The molecule has 0 amide bonds. The van der Waals surface area contributed by atoms with E-state index in [2.05, 4.69) is 0 Å². The van der Waals surface area contributed by atoms with Crippen LogP contribution in [-0.2, 0) is 15.3 Å². The molecule has 1 aromatic carbocycles. The lowest BCUT2D eigenvalue weighted by Gasteiger charge is -2.01. The quantitative estimate of drug-likeness (QED) is 0.759. The molecule has 0 saturated carbocycles. The van der Waals surface area contributed by atoms with Crippen molar-refractivity contribution in [3.05, 3.63) is 29.8 Å². The molecule has 0 saturated heterocycles. The maximum atomic E-state index is 11.2. The van der Waals surface area contributed by atoms with Gasteiger partial charge in [0.05, 0.1) is 6.61 Å². The summed E-state index contributed by atoms with van der Waals surface area (Å²) < 4.78 is 16.2. The van der Waals surface area contributed by atoms with E-state index in [1.807, 2.05) is 6.92 Å². The number of phenols is 1. The lowest BCUT2D eigenvalue weighted by molar-refractivity contribution is 0.350. The van der Waals surface area contributed by atoms with E-state index in [1.165, 1.54) is 0 Å². The molecule has 0 aliphatic carbocycles. The zero-order valence-corrected chi connectivity index (χ0v) is 8.49. The predicted molar refractivity (Wildman–Crippen MR) is 52.4 cm³/mol. The fourth-order valence-corrected chi connectivity index (χ4v) is 1.99. The summed E-state index contributed by atoms with van der Waals surface area (Å²) in [6.45, 7) is 2.30. The van der Waals surface area contributed by atoms with Crippen LogP contribution < -0.4 is 0 Å². The van der Waals surface area contributed by atoms with E-state index in [4.69, 9.17) is 9.63 Å². The third-order valence-corrected chi connectivity index (χ3v) is 2.90. The smallest absolute Gasteiger partial charge is 0.195 e. The maximum Gasteiger partial charge on any atom is 0.195 e. The molecule has 0 aliphatic rings. The first-order valence-corrected chi connectivity index (χ1v) is 5.68. The molecule has 4 heteroatoms. The summed E-state index contributed by atoms with van der Waals surface area (Å²) in [5.74, 6) is 0.222. The van der Waals surface area contributed by atoms with Crippen molar-refractivity contribution in [3.8, 4) is 5.75 Å². The highest BCUT2D eigenvalue weighted by Crippen LogP contribution is 2.28. The molecule has 1 unspecified atom stereocenters. The van der Waals surface area contributed by atoms with Crippen molar-refractivity contribution >= 4 is 8.03 Å². The molecule has 1 aromatic rings. The molecule has 13 heavy (non-hydrogen) atoms. The van der Waals surface area contributed by atoms with Crippen LogP contribution in [0.1, 0.15) is 12.5 Å². The van der Waals surface area contributed by atoms with Gasteiger partial charge in [-0.25, -0.2) is 0 Å². The van der Waals surface area contributed by atoms with Crippen molar-refractivity contribution in [1.82, 2.24) is 0 Å². The summed E-state index contributed by atoms with van der Waals surface area (Å²) in [6.07, 6.45) is 0.443. The van der Waals surface area contributed by atoms with Gasteiger partial charge in [0.15, 0.2) is 8.03 Å². The van der Waals surface area contributed by atoms with Gasteiger partial charge in [0.1, 0.15) is 5.75 Å². The van der Waals surface area contributed by atoms with E-state index < -0.39 is 8.03 Å². The van der Waals surface area contributed by atoms with Gasteiger partial charge in [-0.15, -0.1) is 0 Å². The standard InChI is InChI=1S/C9H13O3P/c1-2-12-13(11)7-8-3-5-9(10)6-4-8/h3-6,10,13H,2,7H2,1H3. The Kier molecular flexibility index (Phi) is 4.00. The van der Waals surface area contributed by atoms with Crippen LogP contribution in [0.4, 0.5) is 0 Å². The van der Waals surface area contributed by atoms with Crippen LogP contribution in [-0.4, -0.2) is 11.7 Å². The van der Waals surface area contributed by atoms with Crippen LogP contribution in [0.15, 0.2) is 24.3 Å². The van der Waals surface area contributed by atoms with Crippen molar-refractivity contribution in [2.75, 3.05) is 6.61 Å². The molecule has 0 heterocycles. The third kappa shape index (κ3) is 3.62. The van der Waals surface area contributed by atoms with Crippen LogP contribution >= 0.6 is 8.03 Å². The molecule has 3 nitrogen and oxygen atoms in total. The van der Waals surface area contributed by atoms with Crippen LogP contribution in [0.3, 0.4) is 0 Å². The first-order valence-electron chi connectivity index (χ1n) is 4.16. The topological polar surface area (TPSA) is 46.5 Å². The molecule has 1 rings (SSSR count). The SMILES string of the molecule is CCO[PH](=O)Cc1ccc(O)cc1. The zero-order valence-electron chi connectivity index (χ0n) is 7.49. The monoisotopic (exact) mass is 200 g/mol. The maximum absolute atomic E-state index is 11.2. The number of benzene rings is 1. The molecular formula is C9H13O3P. The molecule has 72 valence electrons. The highest BCUT2D eigenvalue weighted by molar-refractivity contribution is 7.38. The number of hydrogen-bond donors (Lipinski definition) is 1. The minimum absolute atomic E-state index is 0.222. The van der Waals surface area contributed by atoms with Crippen LogP contribution in [0.25, 0.3) is 0 Å². The Morgan fingerprint density at radius 2 is 2.00 bits per heavy atom. The average molecular weight is 200 g/mol. The van der Waals surface area contributed by atoms with Crippen LogP contribution in [0.2, 0.25) is 0 Å². The van der Waals surface area contributed by atoms with Crippen molar-refractivity contribution in [2.24, 2.45) is 0 Å². The molecule has 0 spiro atoms. The molecule has 0 radical (unpaired) electrons. The number of aromatic hydroxyl groups is 1. The van der Waals surface area contributed by atoms with Crippen LogP contribution in [0.5, 0.6) is 5.75 Å². The molecule has 1 atom stereocenters. The zero-order chi connectivity index (χ0) is 9.68. The van der Waals surface area contributed by atoms with E-state index in [1.54, 1.807) is 24.3 Å². The molecule has 1 N–H and O–H groups in total. The Morgan fingerprint density at radius 1 is 1.38 bits per heavy atom. The number of hydrogen-bond acceptors (Lipinski definition) is 3. The highest BCUT2D eigenvalue weighted by Gasteiger charge is 2.00.